The lowest BCUT2D eigenvalue weighted by Crippen LogP contribution is -2.40. The lowest BCUT2D eigenvalue weighted by Gasteiger charge is -2.26. The van der Waals surface area contributed by atoms with Crippen LogP contribution in [0.5, 0.6) is 0 Å². The zero-order valence-electron chi connectivity index (χ0n) is 21.3. The fourth-order valence-electron chi connectivity index (χ4n) is 4.48. The van der Waals surface area contributed by atoms with Crippen molar-refractivity contribution >= 4 is 42.7 Å². The smallest absolute Gasteiger partial charge is 0.243 e. The summed E-state index contributed by atoms with van der Waals surface area (Å²) < 4.78 is 65.0. The molecule has 2 saturated heterocycles. The second-order valence-corrected chi connectivity index (χ2v) is 14.7. The number of thiazole rings is 2. The third-order valence-corrected chi connectivity index (χ3v) is 12.4. The molecule has 0 amide bonds. The summed E-state index contributed by atoms with van der Waals surface area (Å²) in [6, 6.07) is 13.5. The van der Waals surface area contributed by atoms with Crippen LogP contribution in [0.1, 0.15) is 0 Å². The highest BCUT2D eigenvalue weighted by Gasteiger charge is 2.27. The molecule has 0 saturated carbocycles. The second kappa shape index (κ2) is 11.4. The SMILES string of the molecule is O=S(=O)(c1ccc(-c2csc(-c3nc(-c4ccc(S(=O)(=O)N5CCOCC5)cc4)cs3)n2)cc1)N1CCOCC1. The van der Waals surface area contributed by atoms with Gasteiger partial charge in [-0.2, -0.15) is 8.61 Å². The molecule has 0 bridgehead atoms. The van der Waals surface area contributed by atoms with Gasteiger partial charge in [0.05, 0.1) is 47.6 Å². The topological polar surface area (TPSA) is 119 Å². The lowest BCUT2D eigenvalue weighted by atomic mass is 10.2. The summed E-state index contributed by atoms with van der Waals surface area (Å²) in [6.45, 7) is 3.03. The maximum absolute atomic E-state index is 12.9. The Hall–Kier alpha value is -2.56. The van der Waals surface area contributed by atoms with E-state index < -0.39 is 20.0 Å². The van der Waals surface area contributed by atoms with Gasteiger partial charge in [-0.25, -0.2) is 26.8 Å². The van der Waals surface area contributed by atoms with E-state index in [1.54, 1.807) is 48.5 Å². The number of hydrogen-bond acceptors (Lipinski definition) is 10. The normalized spacial score (nSPS) is 17.7. The van der Waals surface area contributed by atoms with Crippen LogP contribution in [-0.2, 0) is 29.5 Å². The fourth-order valence-corrected chi connectivity index (χ4v) is 9.00. The summed E-state index contributed by atoms with van der Waals surface area (Å²) in [5, 5.41) is 5.35. The molecule has 4 heterocycles. The predicted octanol–water partition coefficient (Wildman–Crippen LogP) is 3.64. The first-order chi connectivity index (χ1) is 19.3. The molecule has 0 N–H and O–H groups in total. The van der Waals surface area contributed by atoms with Gasteiger partial charge in [0.2, 0.25) is 20.0 Å². The van der Waals surface area contributed by atoms with Crippen molar-refractivity contribution in [2.24, 2.45) is 0 Å². The highest BCUT2D eigenvalue weighted by Crippen LogP contribution is 2.34. The van der Waals surface area contributed by atoms with Gasteiger partial charge in [0.25, 0.3) is 0 Å². The van der Waals surface area contributed by atoms with Gasteiger partial charge in [-0.05, 0) is 24.3 Å². The van der Waals surface area contributed by atoms with Crippen LogP contribution in [0.15, 0.2) is 69.1 Å². The minimum absolute atomic E-state index is 0.252. The van der Waals surface area contributed by atoms with Gasteiger partial charge < -0.3 is 9.47 Å². The quantitative estimate of drug-likeness (QED) is 0.308. The van der Waals surface area contributed by atoms with Crippen molar-refractivity contribution in [3.63, 3.8) is 0 Å². The van der Waals surface area contributed by atoms with Crippen LogP contribution in [-0.4, -0.2) is 88.0 Å². The number of hydrogen-bond donors (Lipinski definition) is 0. The zero-order chi connectivity index (χ0) is 27.7. The first-order valence-corrected chi connectivity index (χ1v) is 17.2. The van der Waals surface area contributed by atoms with Crippen molar-refractivity contribution < 1.29 is 26.3 Å². The average Bonchev–Trinajstić information content (AvgIpc) is 3.69. The van der Waals surface area contributed by atoms with E-state index in [1.165, 1.54) is 31.3 Å². The van der Waals surface area contributed by atoms with Gasteiger partial charge in [-0.3, -0.25) is 0 Å². The standard InChI is InChI=1S/C26H26N4O6S4/c31-39(32,29-9-13-35-14-10-29)21-5-1-19(2-6-21)23-17-37-25(27-23)26-28-24(18-38-26)20-3-7-22(8-4-20)40(33,34)30-11-15-36-16-12-30/h1-8,17-18H,9-16H2. The summed E-state index contributed by atoms with van der Waals surface area (Å²) in [4.78, 5) is 9.97. The number of rotatable bonds is 7. The Morgan fingerprint density at radius 2 is 0.925 bits per heavy atom. The van der Waals surface area contributed by atoms with Crippen LogP contribution in [0.3, 0.4) is 0 Å². The van der Waals surface area contributed by atoms with E-state index >= 15 is 0 Å². The number of ether oxygens (including phenoxy) is 2. The Kier molecular flexibility index (Phi) is 7.85. The molecule has 0 spiro atoms. The Bertz CT molecular complexity index is 1560. The molecule has 0 radical (unpaired) electrons. The monoisotopic (exact) mass is 618 g/mol. The Labute approximate surface area is 240 Å². The molecule has 6 rings (SSSR count). The van der Waals surface area contributed by atoms with Crippen LogP contribution in [0.25, 0.3) is 32.5 Å². The summed E-state index contributed by atoms with van der Waals surface area (Å²) >= 11 is 2.92. The van der Waals surface area contributed by atoms with Crippen LogP contribution in [0.2, 0.25) is 0 Å². The van der Waals surface area contributed by atoms with E-state index in [9.17, 15) is 16.8 Å². The minimum Gasteiger partial charge on any atom is -0.379 e. The van der Waals surface area contributed by atoms with Gasteiger partial charge in [0.1, 0.15) is 0 Å². The molecule has 0 atom stereocenters. The fraction of sp³-hybridized carbons (Fsp3) is 0.308. The number of aromatic nitrogens is 2. The molecule has 14 heteroatoms. The molecule has 40 heavy (non-hydrogen) atoms. The largest absolute Gasteiger partial charge is 0.379 e. The number of nitrogens with zero attached hydrogens (tertiary/aromatic N) is 4. The van der Waals surface area contributed by atoms with Crippen LogP contribution >= 0.6 is 22.7 Å². The van der Waals surface area contributed by atoms with E-state index in [1.807, 2.05) is 10.8 Å². The summed E-state index contributed by atoms with van der Waals surface area (Å²) in [7, 11) is -7.11. The molecular weight excluding hydrogens is 593 g/mol. The van der Waals surface area contributed by atoms with Gasteiger partial charge in [-0.1, -0.05) is 24.3 Å². The van der Waals surface area contributed by atoms with Crippen LogP contribution in [0.4, 0.5) is 0 Å². The van der Waals surface area contributed by atoms with Crippen LogP contribution in [0, 0.1) is 0 Å². The summed E-state index contributed by atoms with van der Waals surface area (Å²) in [5.74, 6) is 0. The average molecular weight is 619 g/mol. The number of morpholine rings is 2. The molecule has 0 aliphatic carbocycles. The molecule has 2 aromatic carbocycles. The lowest BCUT2D eigenvalue weighted by molar-refractivity contribution is 0.0730. The Morgan fingerprint density at radius 3 is 1.27 bits per heavy atom. The highest BCUT2D eigenvalue weighted by atomic mass is 32.2. The van der Waals surface area contributed by atoms with Crippen molar-refractivity contribution in [2.75, 3.05) is 52.6 Å². The van der Waals surface area contributed by atoms with Crippen molar-refractivity contribution in [1.82, 2.24) is 18.6 Å². The zero-order valence-corrected chi connectivity index (χ0v) is 24.6. The number of benzene rings is 2. The van der Waals surface area contributed by atoms with E-state index in [-0.39, 0.29) is 9.79 Å². The van der Waals surface area contributed by atoms with E-state index in [0.717, 1.165) is 32.5 Å². The maximum atomic E-state index is 12.9. The first kappa shape index (κ1) is 27.6. The van der Waals surface area contributed by atoms with Gasteiger partial charge >= 0.3 is 0 Å². The molecule has 2 aliphatic heterocycles. The molecule has 2 aliphatic rings. The highest BCUT2D eigenvalue weighted by molar-refractivity contribution is 7.89. The van der Waals surface area contributed by atoms with Crippen molar-refractivity contribution in [1.29, 1.82) is 0 Å². The Balaban J connectivity index is 1.16. The Morgan fingerprint density at radius 1 is 0.575 bits per heavy atom. The van der Waals surface area contributed by atoms with Crippen LogP contribution < -0.4 is 0 Å². The molecule has 2 aromatic heterocycles. The minimum atomic E-state index is -3.55. The summed E-state index contributed by atoms with van der Waals surface area (Å²) in [6.07, 6.45) is 0. The van der Waals surface area contributed by atoms with Gasteiger partial charge in [0.15, 0.2) is 10.0 Å². The number of sulfonamides is 2. The second-order valence-electron chi connectivity index (χ2n) is 9.16. The maximum Gasteiger partial charge on any atom is 0.243 e. The van der Waals surface area contributed by atoms with E-state index in [0.29, 0.717) is 52.6 Å². The predicted molar refractivity (Wildman–Crippen MR) is 153 cm³/mol. The van der Waals surface area contributed by atoms with Crippen molar-refractivity contribution in [3.05, 3.63) is 59.3 Å². The third kappa shape index (κ3) is 5.50. The molecule has 10 nitrogen and oxygen atoms in total. The van der Waals surface area contributed by atoms with Crippen molar-refractivity contribution in [2.45, 2.75) is 9.79 Å². The summed E-state index contributed by atoms with van der Waals surface area (Å²) in [5.41, 5.74) is 3.11. The van der Waals surface area contributed by atoms with Crippen molar-refractivity contribution in [3.8, 4) is 32.5 Å². The third-order valence-electron chi connectivity index (χ3n) is 6.71. The van der Waals surface area contributed by atoms with Gasteiger partial charge in [0, 0.05) is 48.1 Å². The van der Waals surface area contributed by atoms with E-state index in [4.69, 9.17) is 19.4 Å². The van der Waals surface area contributed by atoms with E-state index in [2.05, 4.69) is 0 Å². The molecule has 4 aromatic rings. The molecule has 210 valence electrons. The van der Waals surface area contributed by atoms with Gasteiger partial charge in [-0.15, -0.1) is 22.7 Å². The molecule has 0 unspecified atom stereocenters. The molecular formula is C26H26N4O6S4. The first-order valence-electron chi connectivity index (χ1n) is 12.6. The molecule has 2 fully saturated rings.